The molecule has 0 spiro atoms. The van der Waals surface area contributed by atoms with Crippen molar-refractivity contribution in [2.45, 2.75) is 11.9 Å². The van der Waals surface area contributed by atoms with Gasteiger partial charge in [-0.25, -0.2) is 9.97 Å². The number of hydrogen-bond donors (Lipinski definition) is 1. The molecule has 1 saturated heterocycles. The van der Waals surface area contributed by atoms with Gasteiger partial charge in [0.15, 0.2) is 5.82 Å². The molecule has 2 aromatic rings. The van der Waals surface area contributed by atoms with Crippen molar-refractivity contribution in [2.24, 2.45) is 0 Å². The summed E-state index contributed by atoms with van der Waals surface area (Å²) in [4.78, 5) is 21.9. The van der Waals surface area contributed by atoms with E-state index < -0.39 is 5.97 Å². The van der Waals surface area contributed by atoms with E-state index in [-0.39, 0.29) is 5.56 Å². The van der Waals surface area contributed by atoms with Crippen LogP contribution in [0.15, 0.2) is 35.4 Å². The molecule has 1 aliphatic rings. The average molecular weight is 359 g/mol. The summed E-state index contributed by atoms with van der Waals surface area (Å²) in [6, 6.07) is 9.58. The maximum absolute atomic E-state index is 11.5. The van der Waals surface area contributed by atoms with Gasteiger partial charge in [0.2, 0.25) is 0 Å². The molecule has 1 fully saturated rings. The van der Waals surface area contributed by atoms with E-state index in [4.69, 9.17) is 4.74 Å². The number of ether oxygens (including phenoxy) is 1. The summed E-state index contributed by atoms with van der Waals surface area (Å²) in [5, 5.41) is 12.0. The zero-order valence-corrected chi connectivity index (χ0v) is 15.0. The van der Waals surface area contributed by atoms with Gasteiger partial charge in [-0.15, -0.1) is 0 Å². The summed E-state index contributed by atoms with van der Waals surface area (Å²) in [7, 11) is 0. The number of aromatic nitrogens is 2. The number of carboxylic acid groups (broad SMARTS) is 1. The summed E-state index contributed by atoms with van der Waals surface area (Å²) in [5.41, 5.74) is 1.41. The summed E-state index contributed by atoms with van der Waals surface area (Å²) in [5.74, 6) is 0.114. The standard InChI is InChI=1S/C18H21N3O3S/c1-13-15(18(22)23)17(25-12-9-21-7-10-24-11-8-21)20-16(19-13)14-5-3-2-4-6-14/h2-6H,7-12H2,1H3,(H,22,23). The second-order valence-corrected chi connectivity index (χ2v) is 7.01. The number of carbonyl (C=O) groups excluding carboxylic acids is 1. The fraction of sp³-hybridized carbons (Fsp3) is 0.389. The van der Waals surface area contributed by atoms with Crippen molar-refractivity contribution in [1.82, 2.24) is 9.97 Å². The molecule has 0 saturated carbocycles. The number of carbonyl (C=O) groups is 1. The third kappa shape index (κ3) is 4.56. The van der Waals surface area contributed by atoms with Gasteiger partial charge in [0, 0.05) is 11.3 Å². The molecular formula is C18H21N3O3S. The molecule has 25 heavy (non-hydrogen) atoms. The number of thioether (sulfide) groups is 1. The highest BCUT2D eigenvalue weighted by Crippen LogP contribution is 2.25. The number of morpholine rings is 1. The van der Waals surface area contributed by atoms with Crippen LogP contribution >= 0.6 is 11.8 Å². The van der Waals surface area contributed by atoms with Gasteiger partial charge in [-0.2, -0.15) is 0 Å². The molecule has 3 rings (SSSR count). The van der Waals surface area contributed by atoms with Gasteiger partial charge in [-0.05, 0) is 6.92 Å². The fourth-order valence-electron chi connectivity index (χ4n) is 2.80. The van der Waals surface area contributed by atoms with E-state index in [0.717, 1.165) is 44.2 Å². The quantitative estimate of drug-likeness (QED) is 0.570. The van der Waals surface area contributed by atoms with E-state index in [0.29, 0.717) is 16.5 Å². The maximum atomic E-state index is 11.5. The molecule has 2 heterocycles. The van der Waals surface area contributed by atoms with Crippen LogP contribution in [0.4, 0.5) is 0 Å². The second-order valence-electron chi connectivity index (χ2n) is 5.93. The van der Waals surface area contributed by atoms with E-state index in [9.17, 15) is 9.90 Å². The molecule has 0 atom stereocenters. The zero-order valence-electron chi connectivity index (χ0n) is 14.2. The number of aryl methyl sites for hydroxylation is 1. The second kappa shape index (κ2) is 8.42. The number of carboxylic acids is 1. The third-order valence-electron chi connectivity index (χ3n) is 4.19. The Labute approximate surface area is 151 Å². The zero-order chi connectivity index (χ0) is 17.6. The first-order chi connectivity index (χ1) is 12.1. The Bertz CT molecular complexity index is 734. The number of nitrogens with zero attached hydrogens (tertiary/aromatic N) is 2. The Morgan fingerprint density at radius 3 is 2.64 bits per heavy atom. The van der Waals surface area contributed by atoms with E-state index in [2.05, 4.69) is 9.97 Å². The van der Waals surface area contributed by atoms with Crippen LogP contribution in [0.1, 0.15) is 16.1 Å². The predicted octanol–water partition coefficient (Wildman–Crippen LogP) is -0.177. The average Bonchev–Trinajstić information content (AvgIpc) is 2.62. The molecule has 1 aromatic heterocycles. The normalized spacial score (nSPS) is 15.2. The minimum absolute atomic E-state index is 0.0988. The van der Waals surface area contributed by atoms with Gasteiger partial charge in [0.05, 0.1) is 37.0 Å². The topological polar surface area (TPSA) is 79.6 Å². The van der Waals surface area contributed by atoms with E-state index in [1.807, 2.05) is 30.3 Å². The van der Waals surface area contributed by atoms with Crippen LogP contribution < -0.4 is 10.0 Å². The number of hydrogen-bond acceptors (Lipinski definition) is 6. The molecule has 0 radical (unpaired) electrons. The molecule has 0 unspecified atom stereocenters. The summed E-state index contributed by atoms with van der Waals surface area (Å²) < 4.78 is 5.36. The number of benzene rings is 1. The van der Waals surface area contributed by atoms with Crippen molar-refractivity contribution < 1.29 is 19.5 Å². The summed E-state index contributed by atoms with van der Waals surface area (Å²) in [6.45, 7) is 6.20. The Morgan fingerprint density at radius 2 is 1.96 bits per heavy atom. The van der Waals surface area contributed by atoms with Gasteiger partial charge < -0.3 is 19.5 Å². The first-order valence-electron chi connectivity index (χ1n) is 8.34. The van der Waals surface area contributed by atoms with E-state index in [1.165, 1.54) is 16.7 Å². The van der Waals surface area contributed by atoms with Crippen molar-refractivity contribution >= 4 is 17.7 Å². The summed E-state index contributed by atoms with van der Waals surface area (Å²) >= 11 is 1.46. The highest BCUT2D eigenvalue weighted by Gasteiger charge is 2.17. The van der Waals surface area contributed by atoms with Crippen LogP contribution in [0.3, 0.4) is 0 Å². The number of nitrogens with one attached hydrogen (secondary N) is 1. The molecule has 0 amide bonds. The monoisotopic (exact) mass is 359 g/mol. The molecule has 0 bridgehead atoms. The van der Waals surface area contributed by atoms with Crippen LogP contribution in [0, 0.1) is 6.92 Å². The Morgan fingerprint density at radius 1 is 1.24 bits per heavy atom. The number of aromatic carboxylic acids is 1. The molecule has 7 heteroatoms. The maximum Gasteiger partial charge on any atom is 0.160 e. The number of rotatable bonds is 6. The van der Waals surface area contributed by atoms with Crippen LogP contribution in [0.5, 0.6) is 0 Å². The van der Waals surface area contributed by atoms with E-state index in [1.54, 1.807) is 6.92 Å². The fourth-order valence-corrected chi connectivity index (χ4v) is 3.91. The molecule has 6 nitrogen and oxygen atoms in total. The smallest absolute Gasteiger partial charge is 0.160 e. The van der Waals surface area contributed by atoms with Crippen molar-refractivity contribution in [3.8, 4) is 11.4 Å². The van der Waals surface area contributed by atoms with Crippen LogP contribution in [0.2, 0.25) is 0 Å². The minimum Gasteiger partial charge on any atom is -0.545 e. The van der Waals surface area contributed by atoms with Crippen LogP contribution in [0.25, 0.3) is 11.4 Å². The van der Waals surface area contributed by atoms with Crippen molar-refractivity contribution in [1.29, 1.82) is 0 Å². The van der Waals surface area contributed by atoms with Crippen LogP contribution in [-0.4, -0.2) is 54.5 Å². The molecule has 1 N–H and O–H groups in total. The predicted molar refractivity (Wildman–Crippen MR) is 93.6 cm³/mol. The summed E-state index contributed by atoms with van der Waals surface area (Å²) in [6.07, 6.45) is 0. The van der Waals surface area contributed by atoms with Gasteiger partial charge in [-0.3, -0.25) is 0 Å². The van der Waals surface area contributed by atoms with Gasteiger partial charge in [0.25, 0.3) is 0 Å². The molecule has 1 aromatic carbocycles. The first kappa shape index (κ1) is 17.8. The van der Waals surface area contributed by atoms with Crippen LogP contribution in [-0.2, 0) is 4.74 Å². The Hall–Kier alpha value is -1.96. The largest absolute Gasteiger partial charge is 0.545 e. The van der Waals surface area contributed by atoms with Gasteiger partial charge >= 0.3 is 0 Å². The lowest BCUT2D eigenvalue weighted by Gasteiger charge is -2.23. The SMILES string of the molecule is Cc1nc(-c2ccccc2)nc(SCC[NH+]2CCOCC2)c1C(=O)[O-]. The van der Waals surface area contributed by atoms with Gasteiger partial charge in [-0.1, -0.05) is 42.1 Å². The number of quaternary nitrogens is 1. The molecular weight excluding hydrogens is 338 g/mol. The third-order valence-corrected chi connectivity index (χ3v) is 5.16. The van der Waals surface area contributed by atoms with Crippen molar-refractivity contribution in [3.05, 3.63) is 41.6 Å². The van der Waals surface area contributed by atoms with Crippen molar-refractivity contribution in [3.63, 3.8) is 0 Å². The van der Waals surface area contributed by atoms with Gasteiger partial charge in [0.1, 0.15) is 18.1 Å². The van der Waals surface area contributed by atoms with Crippen molar-refractivity contribution in [2.75, 3.05) is 38.6 Å². The Kier molecular flexibility index (Phi) is 6.01. The molecule has 1 aliphatic heterocycles. The Balaban J connectivity index is 1.79. The minimum atomic E-state index is -1.22. The molecule has 132 valence electrons. The van der Waals surface area contributed by atoms with E-state index >= 15 is 0 Å². The lowest BCUT2D eigenvalue weighted by atomic mass is 10.2. The highest BCUT2D eigenvalue weighted by molar-refractivity contribution is 7.99. The lowest BCUT2D eigenvalue weighted by Crippen LogP contribution is -3.14. The first-order valence-corrected chi connectivity index (χ1v) is 9.33. The molecule has 0 aliphatic carbocycles. The lowest BCUT2D eigenvalue weighted by molar-refractivity contribution is -0.905. The highest BCUT2D eigenvalue weighted by atomic mass is 32.2.